The monoisotopic (exact) mass is 260 g/mol. The minimum Gasteiger partial charge on any atom is -0.341 e. The summed E-state index contributed by atoms with van der Waals surface area (Å²) in [7, 11) is 1.75. The van der Waals surface area contributed by atoms with Gasteiger partial charge in [0, 0.05) is 19.2 Å². The summed E-state index contributed by atoms with van der Waals surface area (Å²) in [6.45, 7) is 0.930. The predicted octanol–water partition coefficient (Wildman–Crippen LogP) is 1.62. The smallest absolute Gasteiger partial charge is 0.253 e. The van der Waals surface area contributed by atoms with E-state index in [4.69, 9.17) is 5.73 Å². The molecular weight excluding hydrogens is 243 g/mol. The van der Waals surface area contributed by atoms with Gasteiger partial charge >= 0.3 is 0 Å². The van der Waals surface area contributed by atoms with Crippen LogP contribution in [0.3, 0.4) is 0 Å². The molecule has 0 aromatic heterocycles. The maximum absolute atomic E-state index is 13.8. The van der Waals surface area contributed by atoms with E-state index < -0.39 is 5.82 Å². The van der Waals surface area contributed by atoms with Gasteiger partial charge in [0.2, 0.25) is 0 Å². The molecule has 1 fully saturated rings. The molecule has 100 valence electrons. The second-order valence-corrected chi connectivity index (χ2v) is 4.83. The van der Waals surface area contributed by atoms with Crippen LogP contribution < -0.4 is 5.73 Å². The molecule has 0 radical (unpaired) electrons. The lowest BCUT2D eigenvalue weighted by atomic mass is 10.1. The summed E-state index contributed by atoms with van der Waals surface area (Å²) >= 11 is 0. The molecule has 1 aromatic rings. The van der Waals surface area contributed by atoms with Gasteiger partial charge in [0.1, 0.15) is 5.82 Å². The topological polar surface area (TPSA) is 46.3 Å². The molecule has 0 spiro atoms. The lowest BCUT2D eigenvalue weighted by Gasteiger charge is -2.16. The molecule has 0 unspecified atom stereocenters. The third kappa shape index (κ3) is 3.55. The highest BCUT2D eigenvalue weighted by atomic mass is 19.1. The number of amides is 1. The van der Waals surface area contributed by atoms with E-state index >= 15 is 0 Å². The number of nitrogens with zero attached hydrogens (tertiary/aromatic N) is 1. The molecule has 3 nitrogen and oxygen atoms in total. The Morgan fingerprint density at radius 3 is 2.84 bits per heavy atom. The normalized spacial score (nSPS) is 13.6. The summed E-state index contributed by atoms with van der Waals surface area (Å²) in [5, 5.41) is 0. The summed E-state index contributed by atoms with van der Waals surface area (Å²) in [5.74, 6) is 5.22. The van der Waals surface area contributed by atoms with Crippen LogP contribution in [-0.4, -0.2) is 30.9 Å². The number of benzene rings is 1. The summed E-state index contributed by atoms with van der Waals surface area (Å²) < 4.78 is 13.8. The first-order valence-corrected chi connectivity index (χ1v) is 6.35. The van der Waals surface area contributed by atoms with Crippen LogP contribution in [0.5, 0.6) is 0 Å². The number of rotatable bonds is 3. The minimum atomic E-state index is -0.480. The van der Waals surface area contributed by atoms with Gasteiger partial charge in [-0.25, -0.2) is 4.39 Å². The first-order valence-electron chi connectivity index (χ1n) is 6.35. The second-order valence-electron chi connectivity index (χ2n) is 4.83. The Kier molecular flexibility index (Phi) is 4.18. The van der Waals surface area contributed by atoms with Gasteiger partial charge in [0.05, 0.1) is 12.1 Å². The lowest BCUT2D eigenvalue weighted by Crippen LogP contribution is -2.28. The zero-order valence-electron chi connectivity index (χ0n) is 10.9. The third-order valence-electron chi connectivity index (χ3n) is 3.12. The fourth-order valence-electron chi connectivity index (χ4n) is 1.89. The van der Waals surface area contributed by atoms with E-state index in [1.807, 2.05) is 0 Å². The maximum atomic E-state index is 13.8. The molecule has 0 bridgehead atoms. The van der Waals surface area contributed by atoms with Crippen LogP contribution in [0.1, 0.15) is 28.8 Å². The molecule has 0 heterocycles. The Morgan fingerprint density at radius 1 is 1.53 bits per heavy atom. The number of hydrogen-bond acceptors (Lipinski definition) is 2. The molecule has 0 aliphatic heterocycles. The van der Waals surface area contributed by atoms with E-state index in [0.29, 0.717) is 11.5 Å². The molecule has 1 aliphatic rings. The van der Waals surface area contributed by atoms with Gasteiger partial charge in [-0.15, -0.1) is 0 Å². The van der Waals surface area contributed by atoms with E-state index in [-0.39, 0.29) is 18.0 Å². The number of halogens is 1. The fraction of sp³-hybridized carbons (Fsp3) is 0.400. The number of carbonyl (C=O) groups excluding carboxylic acids is 1. The van der Waals surface area contributed by atoms with Gasteiger partial charge in [-0.3, -0.25) is 4.79 Å². The summed E-state index contributed by atoms with van der Waals surface area (Å²) in [4.78, 5) is 13.7. The van der Waals surface area contributed by atoms with E-state index in [2.05, 4.69) is 11.8 Å². The van der Waals surface area contributed by atoms with Crippen molar-refractivity contribution in [1.29, 1.82) is 0 Å². The van der Waals surface area contributed by atoms with E-state index in [9.17, 15) is 9.18 Å². The predicted molar refractivity (Wildman–Crippen MR) is 72.0 cm³/mol. The molecule has 0 saturated heterocycles. The van der Waals surface area contributed by atoms with Gasteiger partial charge in [0.25, 0.3) is 5.91 Å². The van der Waals surface area contributed by atoms with Crippen molar-refractivity contribution >= 4 is 5.91 Å². The molecule has 1 saturated carbocycles. The molecule has 1 amide bonds. The Hall–Kier alpha value is -1.86. The van der Waals surface area contributed by atoms with Gasteiger partial charge < -0.3 is 10.6 Å². The van der Waals surface area contributed by atoms with Crippen LogP contribution in [0.15, 0.2) is 18.2 Å². The van der Waals surface area contributed by atoms with Crippen molar-refractivity contribution < 1.29 is 9.18 Å². The zero-order valence-corrected chi connectivity index (χ0v) is 10.9. The SMILES string of the molecule is CN(CC1CC1)C(=O)c1ccc(C#CCN)c(F)c1. The number of nitrogens with two attached hydrogens (primary N) is 1. The van der Waals surface area contributed by atoms with Crippen molar-refractivity contribution in [3.05, 3.63) is 35.1 Å². The maximum Gasteiger partial charge on any atom is 0.253 e. The number of carbonyl (C=O) groups is 1. The fourth-order valence-corrected chi connectivity index (χ4v) is 1.89. The van der Waals surface area contributed by atoms with Gasteiger partial charge in [-0.05, 0) is 37.0 Å². The van der Waals surface area contributed by atoms with Crippen molar-refractivity contribution in [3.8, 4) is 11.8 Å². The van der Waals surface area contributed by atoms with Crippen LogP contribution in [0.25, 0.3) is 0 Å². The highest BCUT2D eigenvalue weighted by Crippen LogP contribution is 2.29. The Bertz CT molecular complexity index is 541. The third-order valence-corrected chi connectivity index (χ3v) is 3.12. The van der Waals surface area contributed by atoms with Crippen molar-refractivity contribution in [2.75, 3.05) is 20.1 Å². The standard InChI is InChI=1S/C15H17FN2O/c1-18(10-11-4-5-11)15(19)13-7-6-12(3-2-8-17)14(16)9-13/h6-7,9,11H,4-5,8,10,17H2,1H3. The van der Waals surface area contributed by atoms with Gasteiger partial charge in [0.15, 0.2) is 0 Å². The highest BCUT2D eigenvalue weighted by Gasteiger charge is 2.25. The molecule has 1 aromatic carbocycles. The van der Waals surface area contributed by atoms with Gasteiger partial charge in [-0.2, -0.15) is 0 Å². The van der Waals surface area contributed by atoms with Crippen molar-refractivity contribution in [2.45, 2.75) is 12.8 Å². The minimum absolute atomic E-state index is 0.149. The first kappa shape index (κ1) is 13.6. The molecule has 0 atom stereocenters. The molecular formula is C15H17FN2O. The Labute approximate surface area is 112 Å². The Morgan fingerprint density at radius 2 is 2.26 bits per heavy atom. The summed E-state index contributed by atoms with van der Waals surface area (Å²) in [5.41, 5.74) is 5.87. The largest absolute Gasteiger partial charge is 0.341 e. The second kappa shape index (κ2) is 5.85. The molecule has 19 heavy (non-hydrogen) atoms. The van der Waals surface area contributed by atoms with Crippen LogP contribution in [0.4, 0.5) is 4.39 Å². The lowest BCUT2D eigenvalue weighted by molar-refractivity contribution is 0.0788. The summed E-state index contributed by atoms with van der Waals surface area (Å²) in [6.07, 6.45) is 2.36. The van der Waals surface area contributed by atoms with Crippen LogP contribution in [0.2, 0.25) is 0 Å². The first-order chi connectivity index (χ1) is 9.11. The highest BCUT2D eigenvalue weighted by molar-refractivity contribution is 5.94. The van der Waals surface area contributed by atoms with E-state index in [0.717, 1.165) is 6.54 Å². The molecule has 1 aliphatic carbocycles. The van der Waals surface area contributed by atoms with Gasteiger partial charge in [-0.1, -0.05) is 11.8 Å². The van der Waals surface area contributed by atoms with Crippen molar-refractivity contribution in [2.24, 2.45) is 11.7 Å². The van der Waals surface area contributed by atoms with Crippen molar-refractivity contribution in [3.63, 3.8) is 0 Å². The molecule has 4 heteroatoms. The van der Waals surface area contributed by atoms with Crippen LogP contribution >= 0.6 is 0 Å². The quantitative estimate of drug-likeness (QED) is 0.839. The van der Waals surface area contributed by atoms with E-state index in [1.54, 1.807) is 18.0 Å². The molecule has 2 N–H and O–H groups in total. The average molecular weight is 260 g/mol. The van der Waals surface area contributed by atoms with Crippen LogP contribution in [0, 0.1) is 23.6 Å². The molecule has 2 rings (SSSR count). The summed E-state index contributed by atoms with van der Waals surface area (Å²) in [6, 6.07) is 4.37. The van der Waals surface area contributed by atoms with Crippen LogP contribution in [-0.2, 0) is 0 Å². The average Bonchev–Trinajstić information content (AvgIpc) is 3.20. The van der Waals surface area contributed by atoms with Crippen molar-refractivity contribution in [1.82, 2.24) is 4.90 Å². The zero-order chi connectivity index (χ0) is 13.8. The van der Waals surface area contributed by atoms with E-state index in [1.165, 1.54) is 25.0 Å². The number of hydrogen-bond donors (Lipinski definition) is 1. The Balaban J connectivity index is 2.11.